The van der Waals surface area contributed by atoms with Gasteiger partial charge in [-0.05, 0) is 55.0 Å². The number of rotatable bonds is 7. The number of carbonyl (C=O) groups is 2. The lowest BCUT2D eigenvalue weighted by Crippen LogP contribution is -2.40. The molecule has 1 atom stereocenters. The Morgan fingerprint density at radius 3 is 2.52 bits per heavy atom. The van der Waals surface area contributed by atoms with E-state index < -0.39 is 29.4 Å². The van der Waals surface area contributed by atoms with E-state index in [1.807, 2.05) is 30.3 Å². The Labute approximate surface area is 258 Å². The minimum Gasteiger partial charge on any atom is -0.478 e. The lowest BCUT2D eigenvalue weighted by atomic mass is 9.93. The van der Waals surface area contributed by atoms with Gasteiger partial charge in [-0.25, -0.2) is 19.0 Å². The third-order valence-electron chi connectivity index (χ3n) is 6.94. The Kier molecular flexibility index (Phi) is 7.86. The van der Waals surface area contributed by atoms with Crippen molar-refractivity contribution in [2.75, 3.05) is 6.61 Å². The summed E-state index contributed by atoms with van der Waals surface area (Å²) in [7, 11) is 0. The topological polar surface area (TPSA) is 111 Å². The third kappa shape index (κ3) is 5.41. The van der Waals surface area contributed by atoms with Gasteiger partial charge in [-0.15, -0.1) is 0 Å². The van der Waals surface area contributed by atoms with Gasteiger partial charge in [0.05, 0.1) is 39.0 Å². The summed E-state index contributed by atoms with van der Waals surface area (Å²) in [5.41, 5.74) is 1.65. The molecule has 1 aliphatic rings. The zero-order valence-electron chi connectivity index (χ0n) is 23.0. The second-order valence-electron chi connectivity index (χ2n) is 9.68. The van der Waals surface area contributed by atoms with Gasteiger partial charge in [-0.2, -0.15) is 0 Å². The molecule has 6 rings (SSSR count). The molecule has 0 fully saturated rings. The van der Waals surface area contributed by atoms with Crippen molar-refractivity contribution in [1.82, 2.24) is 4.57 Å². The predicted octanol–water partition coefficient (Wildman–Crippen LogP) is 5.69. The number of aromatic nitrogens is 1. The molecule has 2 aromatic heterocycles. The van der Waals surface area contributed by atoms with E-state index in [0.29, 0.717) is 38.7 Å². The number of benzene rings is 3. The summed E-state index contributed by atoms with van der Waals surface area (Å²) >= 11 is 7.12. The molecule has 1 N–H and O–H groups in total. The van der Waals surface area contributed by atoms with Crippen LogP contribution in [0.2, 0.25) is 5.02 Å². The predicted molar refractivity (Wildman–Crippen MR) is 164 cm³/mol. The number of esters is 1. The minimum absolute atomic E-state index is 0.0668. The molecule has 220 valence electrons. The van der Waals surface area contributed by atoms with Gasteiger partial charge in [0.15, 0.2) is 4.80 Å². The molecule has 0 amide bonds. The summed E-state index contributed by atoms with van der Waals surface area (Å²) in [5.74, 6) is -1.56. The molecule has 0 unspecified atom stereocenters. The number of nitrogens with zero attached hydrogens (tertiary/aromatic N) is 2. The molecule has 5 aromatic rings. The van der Waals surface area contributed by atoms with Gasteiger partial charge in [-0.3, -0.25) is 9.36 Å². The van der Waals surface area contributed by atoms with E-state index >= 15 is 0 Å². The van der Waals surface area contributed by atoms with Crippen molar-refractivity contribution in [3.05, 3.63) is 143 Å². The number of thiazole rings is 1. The molecule has 0 radical (unpaired) electrons. The van der Waals surface area contributed by atoms with E-state index in [9.17, 15) is 23.9 Å². The van der Waals surface area contributed by atoms with Crippen LogP contribution < -0.4 is 14.9 Å². The minimum atomic E-state index is -1.17. The van der Waals surface area contributed by atoms with Crippen molar-refractivity contribution in [3.8, 4) is 11.3 Å². The van der Waals surface area contributed by atoms with Gasteiger partial charge >= 0.3 is 11.9 Å². The van der Waals surface area contributed by atoms with E-state index in [1.54, 1.807) is 31.2 Å². The number of hydrogen-bond acceptors (Lipinski definition) is 7. The number of fused-ring (bicyclic) bond motifs is 1. The zero-order valence-corrected chi connectivity index (χ0v) is 24.6. The van der Waals surface area contributed by atoms with Crippen LogP contribution in [0.3, 0.4) is 0 Å². The smallest absolute Gasteiger partial charge is 0.338 e. The quantitative estimate of drug-likeness (QED) is 0.232. The maximum atomic E-state index is 14.0. The maximum absolute atomic E-state index is 14.0. The zero-order chi connectivity index (χ0) is 31.0. The fourth-order valence-corrected chi connectivity index (χ4v) is 6.14. The van der Waals surface area contributed by atoms with Crippen molar-refractivity contribution >= 4 is 46.6 Å². The molecular formula is C33H22ClFN2O6S. The maximum Gasteiger partial charge on any atom is 0.338 e. The van der Waals surface area contributed by atoms with E-state index in [4.69, 9.17) is 25.7 Å². The van der Waals surface area contributed by atoms with Crippen molar-refractivity contribution in [2.45, 2.75) is 13.0 Å². The standard InChI is InChI=1S/C33H22ClFN2O6S/c1-2-42-32(41)27-28(18-6-4-3-5-7-18)36-33-37(29(27)19-8-11-21(35)12-9-19)30(38)26(44-33)17-22-13-15-25(43-22)20-10-14-24(34)23(16-20)31(39)40/h3-17,29H,2H2,1H3,(H,39,40)/b26-17-/t29-/m1/s1. The van der Waals surface area contributed by atoms with Crippen LogP contribution in [-0.2, 0) is 9.53 Å². The number of halogens is 2. The molecular weight excluding hydrogens is 607 g/mol. The Balaban J connectivity index is 1.53. The fourth-order valence-electron chi connectivity index (χ4n) is 4.96. The molecule has 3 aromatic carbocycles. The highest BCUT2D eigenvalue weighted by atomic mass is 35.5. The fraction of sp³-hybridized carbons (Fsp3) is 0.0909. The van der Waals surface area contributed by atoms with Crippen molar-refractivity contribution in [3.63, 3.8) is 0 Å². The van der Waals surface area contributed by atoms with Gasteiger partial charge in [0, 0.05) is 17.2 Å². The summed E-state index contributed by atoms with van der Waals surface area (Å²) in [6.45, 7) is 1.79. The van der Waals surface area contributed by atoms with E-state index in [2.05, 4.69) is 0 Å². The molecule has 3 heterocycles. The first-order valence-corrected chi connectivity index (χ1v) is 14.6. The normalized spacial score (nSPS) is 14.7. The largest absolute Gasteiger partial charge is 0.478 e. The van der Waals surface area contributed by atoms with Crippen molar-refractivity contribution in [2.24, 2.45) is 4.99 Å². The summed E-state index contributed by atoms with van der Waals surface area (Å²) in [5, 5.41) is 9.52. The van der Waals surface area contributed by atoms with E-state index in [0.717, 1.165) is 11.3 Å². The Bertz CT molecular complexity index is 2130. The van der Waals surface area contributed by atoms with Crippen LogP contribution in [0, 0.1) is 5.82 Å². The highest BCUT2D eigenvalue weighted by molar-refractivity contribution is 7.07. The van der Waals surface area contributed by atoms with E-state index in [-0.39, 0.29) is 27.3 Å². The van der Waals surface area contributed by atoms with Gasteiger partial charge in [0.25, 0.3) is 5.56 Å². The van der Waals surface area contributed by atoms with Crippen LogP contribution in [0.5, 0.6) is 0 Å². The molecule has 0 aliphatic carbocycles. The molecule has 0 bridgehead atoms. The van der Waals surface area contributed by atoms with Gasteiger partial charge < -0.3 is 14.3 Å². The number of carboxylic acids is 1. The van der Waals surface area contributed by atoms with Gasteiger partial charge in [0.2, 0.25) is 0 Å². The summed E-state index contributed by atoms with van der Waals surface area (Å²) < 4.78 is 27.0. The third-order valence-corrected chi connectivity index (χ3v) is 8.25. The Morgan fingerprint density at radius 2 is 1.82 bits per heavy atom. The van der Waals surface area contributed by atoms with Crippen molar-refractivity contribution < 1.29 is 28.2 Å². The molecule has 11 heteroatoms. The van der Waals surface area contributed by atoms with Gasteiger partial charge in [-0.1, -0.05) is 65.4 Å². The highest BCUT2D eigenvalue weighted by Gasteiger charge is 2.35. The number of furan rings is 1. The van der Waals surface area contributed by atoms with Crippen LogP contribution in [-0.4, -0.2) is 28.2 Å². The lowest BCUT2D eigenvalue weighted by Gasteiger charge is -2.25. The first-order chi connectivity index (χ1) is 21.2. The van der Waals surface area contributed by atoms with Crippen LogP contribution >= 0.6 is 22.9 Å². The first-order valence-electron chi connectivity index (χ1n) is 13.4. The number of carbonyl (C=O) groups excluding carboxylic acids is 1. The number of hydrogen-bond donors (Lipinski definition) is 1. The lowest BCUT2D eigenvalue weighted by molar-refractivity contribution is -0.138. The summed E-state index contributed by atoms with van der Waals surface area (Å²) in [6, 6.07) is 21.6. The average Bonchev–Trinajstić information content (AvgIpc) is 3.61. The average molecular weight is 629 g/mol. The second kappa shape index (κ2) is 11.9. The molecule has 0 spiro atoms. The van der Waals surface area contributed by atoms with Crippen LogP contribution in [0.25, 0.3) is 23.1 Å². The van der Waals surface area contributed by atoms with E-state index in [1.165, 1.54) is 41.0 Å². The van der Waals surface area contributed by atoms with Crippen LogP contribution in [0.4, 0.5) is 4.39 Å². The highest BCUT2D eigenvalue weighted by Crippen LogP contribution is 2.35. The summed E-state index contributed by atoms with van der Waals surface area (Å²) in [4.78, 5) is 44.1. The molecule has 8 nitrogen and oxygen atoms in total. The molecule has 44 heavy (non-hydrogen) atoms. The Morgan fingerprint density at radius 1 is 1.07 bits per heavy atom. The number of carboxylic acid groups (broad SMARTS) is 1. The van der Waals surface area contributed by atoms with Gasteiger partial charge in [0.1, 0.15) is 17.3 Å². The molecule has 0 saturated carbocycles. The second-order valence-corrected chi connectivity index (χ2v) is 11.1. The van der Waals surface area contributed by atoms with Crippen molar-refractivity contribution in [1.29, 1.82) is 0 Å². The number of ether oxygens (including phenoxy) is 1. The Hall–Kier alpha value is -5.06. The first kappa shape index (κ1) is 29.0. The molecule has 1 aliphatic heterocycles. The molecule has 0 saturated heterocycles. The number of aromatic carboxylic acids is 1. The van der Waals surface area contributed by atoms with Crippen LogP contribution in [0.1, 0.15) is 40.2 Å². The summed E-state index contributed by atoms with van der Waals surface area (Å²) in [6.07, 6.45) is 1.55. The van der Waals surface area contributed by atoms with Crippen LogP contribution in [0.15, 0.2) is 105 Å². The monoisotopic (exact) mass is 628 g/mol. The SMILES string of the molecule is CCOC(=O)C1=C(c2ccccc2)N=c2s/c(=C\c3ccc(-c4ccc(Cl)c(C(=O)O)c4)o3)c(=O)n2[C@@H]1c1ccc(F)cc1.